The number of aliphatic hydroxyl groups is 1. The van der Waals surface area contributed by atoms with Crippen molar-refractivity contribution in [2.24, 2.45) is 5.73 Å². The van der Waals surface area contributed by atoms with Crippen molar-refractivity contribution in [3.8, 4) is 0 Å². The Bertz CT molecular complexity index is 382. The van der Waals surface area contributed by atoms with Crippen LogP contribution in [0.3, 0.4) is 0 Å². The van der Waals surface area contributed by atoms with Crippen LogP contribution >= 0.6 is 0 Å². The number of rotatable bonds is 5. The minimum Gasteiger partial charge on any atom is -0.394 e. The quantitative estimate of drug-likeness (QED) is 0.854. The van der Waals surface area contributed by atoms with Crippen LogP contribution in [0.4, 0.5) is 0 Å². The van der Waals surface area contributed by atoms with Crippen molar-refractivity contribution in [2.45, 2.75) is 44.2 Å². The molecule has 2 atom stereocenters. The lowest BCUT2D eigenvalue weighted by Gasteiger charge is -2.41. The SMILES string of the molecule is CCC1CCCCN1CC(N)(CO)c1ccccc1. The zero-order valence-electron chi connectivity index (χ0n) is 11.9. The van der Waals surface area contributed by atoms with E-state index >= 15 is 0 Å². The van der Waals surface area contributed by atoms with Gasteiger partial charge >= 0.3 is 0 Å². The Kier molecular flexibility index (Phi) is 4.97. The number of nitrogens with two attached hydrogens (primary N) is 1. The first-order valence-electron chi connectivity index (χ1n) is 7.39. The molecule has 0 saturated carbocycles. The normalized spacial score (nSPS) is 24.1. The summed E-state index contributed by atoms with van der Waals surface area (Å²) >= 11 is 0. The molecular formula is C16H26N2O. The summed E-state index contributed by atoms with van der Waals surface area (Å²) in [5.74, 6) is 0. The van der Waals surface area contributed by atoms with Crippen LogP contribution in [0, 0.1) is 0 Å². The van der Waals surface area contributed by atoms with Crippen LogP contribution in [-0.2, 0) is 5.54 Å². The number of piperidine rings is 1. The molecule has 2 rings (SSSR count). The molecule has 0 aliphatic carbocycles. The number of benzene rings is 1. The molecule has 3 N–H and O–H groups in total. The van der Waals surface area contributed by atoms with E-state index in [4.69, 9.17) is 5.73 Å². The Balaban J connectivity index is 2.13. The van der Waals surface area contributed by atoms with Gasteiger partial charge in [-0.15, -0.1) is 0 Å². The molecule has 0 bridgehead atoms. The van der Waals surface area contributed by atoms with Crippen molar-refractivity contribution in [2.75, 3.05) is 19.7 Å². The van der Waals surface area contributed by atoms with Crippen LogP contribution in [0.5, 0.6) is 0 Å². The molecule has 1 aromatic carbocycles. The summed E-state index contributed by atoms with van der Waals surface area (Å²) in [6.45, 7) is 4.07. The van der Waals surface area contributed by atoms with Crippen molar-refractivity contribution >= 4 is 0 Å². The third-order valence-corrected chi connectivity index (χ3v) is 4.34. The second-order valence-corrected chi connectivity index (χ2v) is 5.71. The highest BCUT2D eigenvalue weighted by molar-refractivity contribution is 5.24. The Labute approximate surface area is 116 Å². The molecule has 0 spiro atoms. The maximum atomic E-state index is 9.78. The van der Waals surface area contributed by atoms with Gasteiger partial charge in [-0.25, -0.2) is 0 Å². The molecule has 0 amide bonds. The fourth-order valence-corrected chi connectivity index (χ4v) is 3.10. The van der Waals surface area contributed by atoms with Crippen molar-refractivity contribution < 1.29 is 5.11 Å². The first kappa shape index (κ1) is 14.5. The average Bonchev–Trinajstić information content (AvgIpc) is 2.48. The van der Waals surface area contributed by atoms with Crippen LogP contribution < -0.4 is 5.73 Å². The van der Waals surface area contributed by atoms with Gasteiger partial charge in [-0.1, -0.05) is 43.7 Å². The van der Waals surface area contributed by atoms with Crippen LogP contribution in [0.2, 0.25) is 0 Å². The molecule has 1 saturated heterocycles. The van der Waals surface area contributed by atoms with Gasteiger partial charge in [0.25, 0.3) is 0 Å². The summed E-state index contributed by atoms with van der Waals surface area (Å²) < 4.78 is 0. The monoisotopic (exact) mass is 262 g/mol. The molecule has 1 aliphatic heterocycles. The molecule has 0 aromatic heterocycles. The second kappa shape index (κ2) is 6.51. The zero-order chi connectivity index (χ0) is 13.7. The smallest absolute Gasteiger partial charge is 0.0773 e. The molecule has 1 heterocycles. The molecule has 3 nitrogen and oxygen atoms in total. The maximum absolute atomic E-state index is 9.78. The fraction of sp³-hybridized carbons (Fsp3) is 0.625. The zero-order valence-corrected chi connectivity index (χ0v) is 11.9. The van der Waals surface area contributed by atoms with E-state index in [9.17, 15) is 5.11 Å². The van der Waals surface area contributed by atoms with Gasteiger partial charge in [-0.05, 0) is 31.4 Å². The summed E-state index contributed by atoms with van der Waals surface area (Å²) in [5.41, 5.74) is 6.85. The number of hydrogen-bond acceptors (Lipinski definition) is 3. The Morgan fingerprint density at radius 3 is 2.68 bits per heavy atom. The van der Waals surface area contributed by atoms with E-state index in [0.717, 1.165) is 25.1 Å². The highest BCUT2D eigenvalue weighted by Crippen LogP contribution is 2.25. The lowest BCUT2D eigenvalue weighted by atomic mass is 9.89. The molecule has 1 aliphatic rings. The van der Waals surface area contributed by atoms with E-state index < -0.39 is 5.54 Å². The van der Waals surface area contributed by atoms with Crippen LogP contribution in [0.25, 0.3) is 0 Å². The van der Waals surface area contributed by atoms with Gasteiger partial charge in [0.1, 0.15) is 0 Å². The van der Waals surface area contributed by atoms with E-state index in [0.29, 0.717) is 6.04 Å². The summed E-state index contributed by atoms with van der Waals surface area (Å²) in [6, 6.07) is 10.6. The first-order chi connectivity index (χ1) is 9.19. The van der Waals surface area contributed by atoms with E-state index in [1.54, 1.807) is 0 Å². The van der Waals surface area contributed by atoms with Crippen molar-refractivity contribution in [3.63, 3.8) is 0 Å². The van der Waals surface area contributed by atoms with Crippen LogP contribution in [0.1, 0.15) is 38.2 Å². The minimum atomic E-state index is -0.647. The van der Waals surface area contributed by atoms with Gasteiger partial charge in [0.15, 0.2) is 0 Å². The molecule has 106 valence electrons. The van der Waals surface area contributed by atoms with Gasteiger partial charge in [0.05, 0.1) is 12.1 Å². The molecule has 1 aromatic rings. The minimum absolute atomic E-state index is 0.00997. The lowest BCUT2D eigenvalue weighted by Crippen LogP contribution is -2.54. The van der Waals surface area contributed by atoms with Gasteiger partial charge in [-0.2, -0.15) is 0 Å². The summed E-state index contributed by atoms with van der Waals surface area (Å²) in [4.78, 5) is 2.46. The average molecular weight is 262 g/mol. The predicted octanol–water partition coefficient (Wildman–Crippen LogP) is 2.10. The molecular weight excluding hydrogens is 236 g/mol. The van der Waals surface area contributed by atoms with Gasteiger partial charge in [-0.3, -0.25) is 4.90 Å². The number of hydrogen-bond donors (Lipinski definition) is 2. The Hall–Kier alpha value is -0.900. The van der Waals surface area contributed by atoms with Crippen LogP contribution in [0.15, 0.2) is 30.3 Å². The summed E-state index contributed by atoms with van der Waals surface area (Å²) in [5, 5.41) is 9.78. The Morgan fingerprint density at radius 2 is 2.05 bits per heavy atom. The van der Waals surface area contributed by atoms with Gasteiger partial charge in [0.2, 0.25) is 0 Å². The van der Waals surface area contributed by atoms with Crippen molar-refractivity contribution in [3.05, 3.63) is 35.9 Å². The number of aliphatic hydroxyl groups excluding tert-OH is 1. The van der Waals surface area contributed by atoms with E-state index in [1.807, 2.05) is 30.3 Å². The van der Waals surface area contributed by atoms with E-state index in [-0.39, 0.29) is 6.61 Å². The van der Waals surface area contributed by atoms with Crippen molar-refractivity contribution in [1.29, 1.82) is 0 Å². The van der Waals surface area contributed by atoms with Crippen LogP contribution in [-0.4, -0.2) is 35.7 Å². The number of nitrogens with zero attached hydrogens (tertiary/aromatic N) is 1. The second-order valence-electron chi connectivity index (χ2n) is 5.71. The maximum Gasteiger partial charge on any atom is 0.0773 e. The Morgan fingerprint density at radius 1 is 1.32 bits per heavy atom. The van der Waals surface area contributed by atoms with Gasteiger partial charge < -0.3 is 10.8 Å². The van der Waals surface area contributed by atoms with E-state index in [2.05, 4.69) is 11.8 Å². The first-order valence-corrected chi connectivity index (χ1v) is 7.39. The molecule has 2 unspecified atom stereocenters. The molecule has 0 radical (unpaired) electrons. The fourth-order valence-electron chi connectivity index (χ4n) is 3.10. The predicted molar refractivity (Wildman–Crippen MR) is 78.9 cm³/mol. The molecule has 19 heavy (non-hydrogen) atoms. The van der Waals surface area contributed by atoms with Gasteiger partial charge in [0, 0.05) is 12.6 Å². The topological polar surface area (TPSA) is 49.5 Å². The largest absolute Gasteiger partial charge is 0.394 e. The molecule has 3 heteroatoms. The highest BCUT2D eigenvalue weighted by atomic mass is 16.3. The van der Waals surface area contributed by atoms with E-state index in [1.165, 1.54) is 19.3 Å². The highest BCUT2D eigenvalue weighted by Gasteiger charge is 2.32. The lowest BCUT2D eigenvalue weighted by molar-refractivity contribution is 0.0816. The third-order valence-electron chi connectivity index (χ3n) is 4.34. The molecule has 1 fully saturated rings. The standard InChI is InChI=1S/C16H26N2O/c1-2-15-10-6-7-11-18(15)12-16(17,13-19)14-8-4-3-5-9-14/h3-5,8-9,15,19H,2,6-7,10-13,17H2,1H3. The number of likely N-dealkylation sites (tertiary alicyclic amines) is 1. The summed E-state index contributed by atoms with van der Waals surface area (Å²) in [7, 11) is 0. The third kappa shape index (κ3) is 3.35. The summed E-state index contributed by atoms with van der Waals surface area (Å²) in [6.07, 6.45) is 4.98. The van der Waals surface area contributed by atoms with Crippen molar-refractivity contribution in [1.82, 2.24) is 4.90 Å².